The van der Waals surface area contributed by atoms with Gasteiger partial charge in [0.05, 0.1) is 0 Å². The fourth-order valence-electron chi connectivity index (χ4n) is 2.24. The fourth-order valence-corrected chi connectivity index (χ4v) is 2.24. The summed E-state index contributed by atoms with van der Waals surface area (Å²) in [5.74, 6) is -0.406. The maximum atomic E-state index is 12.2. The van der Waals surface area contributed by atoms with Crippen molar-refractivity contribution >= 4 is 5.91 Å². The zero-order valence-corrected chi connectivity index (χ0v) is 13.4. The molecule has 122 valence electrons. The van der Waals surface area contributed by atoms with Gasteiger partial charge in [-0.1, -0.05) is 44.2 Å². The number of amides is 1. The Labute approximate surface area is 135 Å². The number of carbonyl (C=O) groups is 1. The number of aromatic amines is 1. The Hall–Kier alpha value is -2.40. The molecule has 2 aromatic rings. The average molecular weight is 314 g/mol. The van der Waals surface area contributed by atoms with Crippen LogP contribution in [0.15, 0.2) is 47.3 Å². The minimum absolute atomic E-state index is 0.0647. The second kappa shape index (κ2) is 7.24. The maximum absolute atomic E-state index is 12.2. The molecule has 0 spiro atoms. The van der Waals surface area contributed by atoms with Crippen LogP contribution in [0.4, 0.5) is 0 Å². The standard InChI is InChI=1S/C18H22N2O3/c1-18(2,10-11-21)12-19-16(22)14-8-9-15(20-17(14)23)13-6-4-3-5-7-13/h3-9,21H,10-12H2,1-2H3,(H,19,22)(H,20,23). The van der Waals surface area contributed by atoms with Gasteiger partial charge in [0.1, 0.15) is 5.56 Å². The first kappa shape index (κ1) is 17.0. The highest BCUT2D eigenvalue weighted by Crippen LogP contribution is 2.18. The summed E-state index contributed by atoms with van der Waals surface area (Å²) in [4.78, 5) is 27.1. The van der Waals surface area contributed by atoms with Gasteiger partial charge < -0.3 is 15.4 Å². The molecule has 0 atom stereocenters. The number of aliphatic hydroxyl groups is 1. The highest BCUT2D eigenvalue weighted by atomic mass is 16.3. The molecule has 0 unspecified atom stereocenters. The van der Waals surface area contributed by atoms with Crippen LogP contribution in [0.3, 0.4) is 0 Å². The van der Waals surface area contributed by atoms with Crippen LogP contribution < -0.4 is 10.9 Å². The molecule has 0 radical (unpaired) electrons. The molecule has 0 saturated heterocycles. The van der Waals surface area contributed by atoms with Gasteiger partial charge in [-0.05, 0) is 29.5 Å². The van der Waals surface area contributed by atoms with Gasteiger partial charge >= 0.3 is 0 Å². The van der Waals surface area contributed by atoms with Crippen LogP contribution in [0.5, 0.6) is 0 Å². The average Bonchev–Trinajstić information content (AvgIpc) is 2.53. The molecular formula is C18H22N2O3. The third-order valence-corrected chi connectivity index (χ3v) is 3.75. The molecule has 23 heavy (non-hydrogen) atoms. The Kier molecular flexibility index (Phi) is 5.34. The third kappa shape index (κ3) is 4.53. The number of H-pyrrole nitrogens is 1. The van der Waals surface area contributed by atoms with Crippen LogP contribution in [0.1, 0.15) is 30.6 Å². The van der Waals surface area contributed by atoms with Crippen molar-refractivity contribution < 1.29 is 9.90 Å². The van der Waals surface area contributed by atoms with E-state index in [2.05, 4.69) is 10.3 Å². The zero-order chi connectivity index (χ0) is 16.9. The van der Waals surface area contributed by atoms with Gasteiger partial charge in [-0.25, -0.2) is 0 Å². The molecule has 0 aliphatic rings. The summed E-state index contributed by atoms with van der Waals surface area (Å²) in [6, 6.07) is 12.7. The Bertz CT molecular complexity index is 721. The number of hydrogen-bond donors (Lipinski definition) is 3. The van der Waals surface area contributed by atoms with Crippen LogP contribution >= 0.6 is 0 Å². The molecule has 2 rings (SSSR count). The minimum atomic E-state index is -0.413. The van der Waals surface area contributed by atoms with Crippen molar-refractivity contribution in [3.8, 4) is 11.3 Å². The zero-order valence-electron chi connectivity index (χ0n) is 13.4. The van der Waals surface area contributed by atoms with E-state index in [1.54, 1.807) is 6.07 Å². The van der Waals surface area contributed by atoms with Gasteiger partial charge in [-0.15, -0.1) is 0 Å². The highest BCUT2D eigenvalue weighted by Gasteiger charge is 2.19. The minimum Gasteiger partial charge on any atom is -0.396 e. The van der Waals surface area contributed by atoms with E-state index in [1.807, 2.05) is 44.2 Å². The second-order valence-electron chi connectivity index (χ2n) is 6.30. The fraction of sp³-hybridized carbons (Fsp3) is 0.333. The van der Waals surface area contributed by atoms with Crippen molar-refractivity contribution in [2.24, 2.45) is 5.41 Å². The molecule has 5 heteroatoms. The molecule has 5 nitrogen and oxygen atoms in total. The van der Waals surface area contributed by atoms with Crippen molar-refractivity contribution in [3.63, 3.8) is 0 Å². The van der Waals surface area contributed by atoms with E-state index in [9.17, 15) is 9.59 Å². The van der Waals surface area contributed by atoms with Crippen LogP contribution in [0.2, 0.25) is 0 Å². The smallest absolute Gasteiger partial charge is 0.261 e. The number of rotatable bonds is 6. The first-order valence-corrected chi connectivity index (χ1v) is 7.61. The molecule has 0 aliphatic carbocycles. The molecule has 1 aromatic carbocycles. The van der Waals surface area contributed by atoms with Gasteiger partial charge in [0.15, 0.2) is 0 Å². The molecule has 0 fully saturated rings. The summed E-state index contributed by atoms with van der Waals surface area (Å²) in [6.45, 7) is 4.36. The van der Waals surface area contributed by atoms with Crippen molar-refractivity contribution in [3.05, 3.63) is 58.4 Å². The molecule has 0 bridgehead atoms. The van der Waals surface area contributed by atoms with E-state index in [-0.39, 0.29) is 17.6 Å². The van der Waals surface area contributed by atoms with Crippen LogP contribution in [0, 0.1) is 5.41 Å². The number of aromatic nitrogens is 1. The molecule has 1 heterocycles. The number of carbonyl (C=O) groups excluding carboxylic acids is 1. The van der Waals surface area contributed by atoms with E-state index in [4.69, 9.17) is 5.11 Å². The number of benzene rings is 1. The molecule has 1 amide bonds. The third-order valence-electron chi connectivity index (χ3n) is 3.75. The lowest BCUT2D eigenvalue weighted by Crippen LogP contribution is -2.37. The maximum Gasteiger partial charge on any atom is 0.261 e. The number of nitrogens with one attached hydrogen (secondary N) is 2. The van der Waals surface area contributed by atoms with E-state index < -0.39 is 11.5 Å². The van der Waals surface area contributed by atoms with Crippen molar-refractivity contribution in [2.75, 3.05) is 13.2 Å². The van der Waals surface area contributed by atoms with Crippen molar-refractivity contribution in [1.82, 2.24) is 10.3 Å². The molecule has 0 saturated carbocycles. The van der Waals surface area contributed by atoms with Gasteiger partial charge in [0.2, 0.25) is 0 Å². The predicted octanol–water partition coefficient (Wildman–Crippen LogP) is 2.18. The summed E-state index contributed by atoms with van der Waals surface area (Å²) in [7, 11) is 0. The van der Waals surface area contributed by atoms with Gasteiger partial charge in [-0.3, -0.25) is 9.59 Å². The van der Waals surface area contributed by atoms with Crippen molar-refractivity contribution in [1.29, 1.82) is 0 Å². The summed E-state index contributed by atoms with van der Waals surface area (Å²) >= 11 is 0. The summed E-state index contributed by atoms with van der Waals surface area (Å²) in [6.07, 6.45) is 0.580. The first-order valence-electron chi connectivity index (χ1n) is 7.61. The van der Waals surface area contributed by atoms with Gasteiger partial charge in [0.25, 0.3) is 11.5 Å². The molecule has 0 aliphatic heterocycles. The van der Waals surface area contributed by atoms with E-state index >= 15 is 0 Å². The monoisotopic (exact) mass is 314 g/mol. The normalized spacial score (nSPS) is 11.3. The van der Waals surface area contributed by atoms with Crippen LogP contribution in [-0.4, -0.2) is 29.1 Å². The highest BCUT2D eigenvalue weighted by molar-refractivity contribution is 5.94. The Morgan fingerprint density at radius 2 is 1.87 bits per heavy atom. The van der Waals surface area contributed by atoms with E-state index in [1.165, 1.54) is 6.07 Å². The van der Waals surface area contributed by atoms with E-state index in [0.717, 1.165) is 5.56 Å². The SMILES string of the molecule is CC(C)(CCO)CNC(=O)c1ccc(-c2ccccc2)[nH]c1=O. The summed E-state index contributed by atoms with van der Waals surface area (Å²) in [5, 5.41) is 11.8. The summed E-state index contributed by atoms with van der Waals surface area (Å²) < 4.78 is 0. The Morgan fingerprint density at radius 1 is 1.17 bits per heavy atom. The Morgan fingerprint density at radius 3 is 2.48 bits per heavy atom. The number of pyridine rings is 1. The lowest BCUT2D eigenvalue weighted by Gasteiger charge is -2.23. The predicted molar refractivity (Wildman–Crippen MR) is 90.3 cm³/mol. The number of aliphatic hydroxyl groups excluding tert-OH is 1. The van der Waals surface area contributed by atoms with Crippen LogP contribution in [-0.2, 0) is 0 Å². The molecular weight excluding hydrogens is 292 g/mol. The quantitative estimate of drug-likeness (QED) is 0.764. The second-order valence-corrected chi connectivity index (χ2v) is 6.30. The van der Waals surface area contributed by atoms with Crippen LogP contribution in [0.25, 0.3) is 11.3 Å². The summed E-state index contributed by atoms with van der Waals surface area (Å²) in [5.41, 5.74) is 1.02. The van der Waals surface area contributed by atoms with Crippen molar-refractivity contribution in [2.45, 2.75) is 20.3 Å². The molecule has 3 N–H and O–H groups in total. The lowest BCUT2D eigenvalue weighted by molar-refractivity contribution is 0.0926. The van der Waals surface area contributed by atoms with E-state index in [0.29, 0.717) is 18.7 Å². The lowest BCUT2D eigenvalue weighted by atomic mass is 9.89. The Balaban J connectivity index is 2.12. The molecule has 1 aromatic heterocycles. The van der Waals surface area contributed by atoms with Gasteiger partial charge in [-0.2, -0.15) is 0 Å². The topological polar surface area (TPSA) is 82.2 Å². The first-order chi connectivity index (χ1) is 10.9. The van der Waals surface area contributed by atoms with Gasteiger partial charge in [0, 0.05) is 18.8 Å². The largest absolute Gasteiger partial charge is 0.396 e. The number of hydrogen-bond acceptors (Lipinski definition) is 3.